The molecule has 7 rings (SSSR count). The van der Waals surface area contributed by atoms with E-state index in [-0.39, 0.29) is 11.9 Å². The smallest absolute Gasteiger partial charge is 0.257 e. The Kier molecular flexibility index (Phi) is 6.27. The standard InChI is InChI=1S/C31H32N6O5/c1-15-14-37(9-8-32-15)31(38)20-7-6-19(28-29(20)41-11-10-40-28)27-26-21-13-24(39-5)22(25-16(2)36-42-17(25)3)12-23(21)35-30(26)34-18(4)33-27/h6-7,12-13,15,32H,8-11,14H2,1-5H3,(H,33,34,35). The number of aromatic nitrogens is 4. The second-order valence-electron chi connectivity index (χ2n) is 10.9. The first-order valence-electron chi connectivity index (χ1n) is 14.1. The van der Waals surface area contributed by atoms with Crippen molar-refractivity contribution in [2.24, 2.45) is 0 Å². The minimum Gasteiger partial charge on any atom is -0.496 e. The number of carbonyl (C=O) groups is 1. The monoisotopic (exact) mass is 568 g/mol. The number of nitrogens with one attached hydrogen (secondary N) is 2. The van der Waals surface area contributed by atoms with Gasteiger partial charge in [0.15, 0.2) is 11.5 Å². The highest BCUT2D eigenvalue weighted by molar-refractivity contribution is 6.14. The summed E-state index contributed by atoms with van der Waals surface area (Å²) in [5.74, 6) is 2.90. The van der Waals surface area contributed by atoms with E-state index < -0.39 is 0 Å². The average molecular weight is 569 g/mol. The Hall–Kier alpha value is -4.64. The summed E-state index contributed by atoms with van der Waals surface area (Å²) in [6.07, 6.45) is 0. The fourth-order valence-electron chi connectivity index (χ4n) is 6.14. The van der Waals surface area contributed by atoms with Gasteiger partial charge < -0.3 is 33.9 Å². The van der Waals surface area contributed by atoms with Crippen LogP contribution in [0.25, 0.3) is 44.3 Å². The summed E-state index contributed by atoms with van der Waals surface area (Å²) in [7, 11) is 1.65. The minimum atomic E-state index is -0.0654. The highest BCUT2D eigenvalue weighted by Crippen LogP contribution is 2.46. The number of fused-ring (bicyclic) bond motifs is 4. The number of carbonyl (C=O) groups excluding carboxylic acids is 1. The predicted octanol–water partition coefficient (Wildman–Crippen LogP) is 4.57. The summed E-state index contributed by atoms with van der Waals surface area (Å²) in [5.41, 5.74) is 6.03. The SMILES string of the molecule is COc1cc2c(cc1-c1c(C)noc1C)[nH]c1nc(C)nc(-c3ccc(C(=O)N4CCNC(C)C4)c4c3OCCO4)c12. The number of benzene rings is 2. The summed E-state index contributed by atoms with van der Waals surface area (Å²) < 4.78 is 23.6. The third-order valence-corrected chi connectivity index (χ3v) is 8.02. The molecule has 2 aliphatic heterocycles. The Morgan fingerprint density at radius 1 is 1.07 bits per heavy atom. The Balaban J connectivity index is 1.42. The third-order valence-electron chi connectivity index (χ3n) is 8.02. The number of aromatic amines is 1. The van der Waals surface area contributed by atoms with Crippen LogP contribution in [0.1, 0.15) is 34.6 Å². The molecular weight excluding hydrogens is 536 g/mol. The molecule has 11 nitrogen and oxygen atoms in total. The van der Waals surface area contributed by atoms with Crippen LogP contribution in [0.2, 0.25) is 0 Å². The lowest BCUT2D eigenvalue weighted by molar-refractivity contribution is 0.0699. The zero-order chi connectivity index (χ0) is 29.1. The molecule has 2 aliphatic rings. The van der Waals surface area contributed by atoms with E-state index >= 15 is 0 Å². The van der Waals surface area contributed by atoms with Crippen LogP contribution >= 0.6 is 0 Å². The van der Waals surface area contributed by atoms with Gasteiger partial charge in [0.2, 0.25) is 0 Å². The number of amides is 1. The van der Waals surface area contributed by atoms with Crippen LogP contribution in [-0.2, 0) is 0 Å². The van der Waals surface area contributed by atoms with Crippen molar-refractivity contribution >= 4 is 27.8 Å². The Morgan fingerprint density at radius 2 is 1.88 bits per heavy atom. The van der Waals surface area contributed by atoms with Crippen LogP contribution in [0.15, 0.2) is 28.8 Å². The van der Waals surface area contributed by atoms with Gasteiger partial charge in [-0.2, -0.15) is 0 Å². The van der Waals surface area contributed by atoms with E-state index in [1.165, 1.54) is 0 Å². The molecule has 0 bridgehead atoms. The molecule has 11 heteroatoms. The van der Waals surface area contributed by atoms with Gasteiger partial charge in [0.25, 0.3) is 5.91 Å². The number of ether oxygens (including phenoxy) is 3. The second kappa shape index (κ2) is 10.0. The fraction of sp³-hybridized carbons (Fsp3) is 0.355. The van der Waals surface area contributed by atoms with Gasteiger partial charge in [0.05, 0.1) is 35.0 Å². The van der Waals surface area contributed by atoms with Crippen LogP contribution in [0.5, 0.6) is 17.2 Å². The number of H-pyrrole nitrogens is 1. The fourth-order valence-corrected chi connectivity index (χ4v) is 6.14. The molecule has 0 aliphatic carbocycles. The predicted molar refractivity (Wildman–Crippen MR) is 157 cm³/mol. The molecule has 216 valence electrons. The molecule has 0 saturated carbocycles. The second-order valence-corrected chi connectivity index (χ2v) is 10.9. The van der Waals surface area contributed by atoms with E-state index in [4.69, 9.17) is 28.7 Å². The number of hydrogen-bond donors (Lipinski definition) is 2. The molecule has 42 heavy (non-hydrogen) atoms. The summed E-state index contributed by atoms with van der Waals surface area (Å²) in [6.45, 7) is 10.5. The van der Waals surface area contributed by atoms with E-state index in [0.29, 0.717) is 72.0 Å². The quantitative estimate of drug-likeness (QED) is 0.320. The minimum absolute atomic E-state index is 0.0654. The van der Waals surface area contributed by atoms with Crippen LogP contribution in [0.4, 0.5) is 0 Å². The lowest BCUT2D eigenvalue weighted by atomic mass is 9.98. The van der Waals surface area contributed by atoms with E-state index in [1.54, 1.807) is 7.11 Å². The number of nitrogens with zero attached hydrogens (tertiary/aromatic N) is 4. The van der Waals surface area contributed by atoms with Gasteiger partial charge in [-0.05, 0) is 52.0 Å². The molecule has 1 atom stereocenters. The highest BCUT2D eigenvalue weighted by Gasteiger charge is 2.31. The molecule has 2 N–H and O–H groups in total. The first-order valence-corrected chi connectivity index (χ1v) is 14.1. The maximum Gasteiger partial charge on any atom is 0.257 e. The summed E-state index contributed by atoms with van der Waals surface area (Å²) >= 11 is 0. The Morgan fingerprint density at radius 3 is 2.62 bits per heavy atom. The highest BCUT2D eigenvalue weighted by atomic mass is 16.6. The molecule has 2 aromatic carbocycles. The Bertz CT molecular complexity index is 1860. The van der Waals surface area contributed by atoms with Crippen LogP contribution in [-0.4, -0.2) is 76.9 Å². The average Bonchev–Trinajstić information content (AvgIpc) is 3.52. The van der Waals surface area contributed by atoms with Gasteiger partial charge >= 0.3 is 0 Å². The van der Waals surface area contributed by atoms with Crippen molar-refractivity contribution < 1.29 is 23.5 Å². The van der Waals surface area contributed by atoms with Crippen molar-refractivity contribution in [3.63, 3.8) is 0 Å². The normalized spacial score (nSPS) is 16.8. The van der Waals surface area contributed by atoms with Crippen LogP contribution in [0.3, 0.4) is 0 Å². The first-order chi connectivity index (χ1) is 20.3. The van der Waals surface area contributed by atoms with E-state index in [9.17, 15) is 4.79 Å². The van der Waals surface area contributed by atoms with Crippen molar-refractivity contribution in [1.82, 2.24) is 30.3 Å². The zero-order valence-corrected chi connectivity index (χ0v) is 24.3. The third kappa shape index (κ3) is 4.14. The molecule has 1 unspecified atom stereocenters. The van der Waals surface area contributed by atoms with Gasteiger partial charge in [-0.1, -0.05) is 5.16 Å². The number of methoxy groups -OCH3 is 1. The maximum atomic E-state index is 13.6. The van der Waals surface area contributed by atoms with Crippen LogP contribution in [0, 0.1) is 20.8 Å². The molecule has 1 amide bonds. The van der Waals surface area contributed by atoms with E-state index in [1.807, 2.05) is 49.9 Å². The molecular formula is C31H32N6O5. The van der Waals surface area contributed by atoms with Crippen molar-refractivity contribution in [2.75, 3.05) is 40.0 Å². The maximum absolute atomic E-state index is 13.6. The van der Waals surface area contributed by atoms with Gasteiger partial charge in [0.1, 0.15) is 36.2 Å². The lowest BCUT2D eigenvalue weighted by Crippen LogP contribution is -2.51. The van der Waals surface area contributed by atoms with E-state index in [2.05, 4.69) is 22.4 Å². The van der Waals surface area contributed by atoms with Gasteiger partial charge in [-0.3, -0.25) is 4.79 Å². The largest absolute Gasteiger partial charge is 0.496 e. The van der Waals surface area contributed by atoms with Gasteiger partial charge in [-0.25, -0.2) is 9.97 Å². The number of rotatable bonds is 4. The number of aryl methyl sites for hydroxylation is 3. The molecule has 5 heterocycles. The van der Waals surface area contributed by atoms with Crippen molar-refractivity contribution in [3.8, 4) is 39.6 Å². The van der Waals surface area contributed by atoms with Crippen molar-refractivity contribution in [1.29, 1.82) is 0 Å². The van der Waals surface area contributed by atoms with Crippen LogP contribution < -0.4 is 19.5 Å². The summed E-state index contributed by atoms with van der Waals surface area (Å²) in [6, 6.07) is 7.98. The zero-order valence-electron chi connectivity index (χ0n) is 24.3. The molecule has 0 spiro atoms. The van der Waals surface area contributed by atoms with Gasteiger partial charge in [0, 0.05) is 47.7 Å². The summed E-state index contributed by atoms with van der Waals surface area (Å²) in [5, 5.41) is 9.24. The number of hydrogen-bond acceptors (Lipinski definition) is 9. The molecule has 5 aromatic rings. The molecule has 1 fully saturated rings. The van der Waals surface area contributed by atoms with Crippen molar-refractivity contribution in [3.05, 3.63) is 47.1 Å². The molecule has 3 aromatic heterocycles. The molecule has 1 saturated heterocycles. The lowest BCUT2D eigenvalue weighted by Gasteiger charge is -2.33. The van der Waals surface area contributed by atoms with Crippen molar-refractivity contribution in [2.45, 2.75) is 33.7 Å². The topological polar surface area (TPSA) is 128 Å². The van der Waals surface area contributed by atoms with Gasteiger partial charge in [-0.15, -0.1) is 0 Å². The summed E-state index contributed by atoms with van der Waals surface area (Å²) in [4.78, 5) is 28.6. The Labute approximate surface area is 242 Å². The first kappa shape index (κ1) is 26.3. The number of piperazine rings is 1. The molecule has 0 radical (unpaired) electrons. The van der Waals surface area contributed by atoms with E-state index in [0.717, 1.165) is 45.2 Å².